The van der Waals surface area contributed by atoms with Crippen molar-refractivity contribution in [3.05, 3.63) is 46.2 Å². The predicted octanol–water partition coefficient (Wildman–Crippen LogP) is 2.82. The minimum Gasteiger partial charge on any atom is -0.345 e. The van der Waals surface area contributed by atoms with Gasteiger partial charge in [-0.3, -0.25) is 13.9 Å². The average Bonchev–Trinajstić information content (AvgIpc) is 3.18. The van der Waals surface area contributed by atoms with Crippen molar-refractivity contribution in [3.8, 4) is 11.8 Å². The average molecular weight is 419 g/mol. The molecule has 162 valence electrons. The van der Waals surface area contributed by atoms with Gasteiger partial charge in [-0.2, -0.15) is 9.97 Å². The quantitative estimate of drug-likeness (QED) is 0.576. The molecule has 3 heterocycles. The highest BCUT2D eigenvalue weighted by Crippen LogP contribution is 2.24. The van der Waals surface area contributed by atoms with Gasteiger partial charge in [0.15, 0.2) is 11.2 Å². The molecule has 3 aromatic rings. The number of imidazole rings is 1. The maximum absolute atomic E-state index is 13.4. The molecule has 2 aromatic heterocycles. The van der Waals surface area contributed by atoms with Crippen LogP contribution in [0.1, 0.15) is 31.7 Å². The number of fused-ring (bicyclic) bond motifs is 1. The smallest absolute Gasteiger partial charge is 0.281 e. The molecule has 7 heteroatoms. The first-order valence-corrected chi connectivity index (χ1v) is 11.0. The zero-order valence-electron chi connectivity index (χ0n) is 18.6. The first-order chi connectivity index (χ1) is 15.1. The van der Waals surface area contributed by atoms with Crippen molar-refractivity contribution in [1.82, 2.24) is 19.1 Å². The molecule has 0 N–H and O–H groups in total. The van der Waals surface area contributed by atoms with Crippen molar-refractivity contribution in [1.29, 1.82) is 0 Å². The topological polar surface area (TPSA) is 59.2 Å². The summed E-state index contributed by atoms with van der Waals surface area (Å²) in [5, 5.41) is 0. The van der Waals surface area contributed by atoms with Gasteiger partial charge in [0.05, 0.1) is 6.54 Å². The summed E-state index contributed by atoms with van der Waals surface area (Å²) >= 11 is 0. The van der Waals surface area contributed by atoms with E-state index >= 15 is 0 Å². The third-order valence-corrected chi connectivity index (χ3v) is 5.92. The number of aromatic nitrogens is 4. The Balaban J connectivity index is 1.72. The number of likely N-dealkylation sites (N-methyl/N-ethyl adjacent to an activating group) is 1. The molecule has 1 saturated heterocycles. The summed E-state index contributed by atoms with van der Waals surface area (Å²) in [6, 6.07) is 10.3. The number of nitrogens with zero attached hydrogens (tertiary/aromatic N) is 6. The van der Waals surface area contributed by atoms with Gasteiger partial charge in [-0.25, -0.2) is 0 Å². The van der Waals surface area contributed by atoms with E-state index in [4.69, 9.17) is 9.97 Å². The molecule has 1 aromatic carbocycles. The van der Waals surface area contributed by atoms with Crippen LogP contribution in [0.4, 0.5) is 11.9 Å². The van der Waals surface area contributed by atoms with Gasteiger partial charge in [0.1, 0.15) is 0 Å². The summed E-state index contributed by atoms with van der Waals surface area (Å²) in [4.78, 5) is 27.3. The lowest BCUT2D eigenvalue weighted by Gasteiger charge is -2.27. The molecule has 1 fully saturated rings. The zero-order chi connectivity index (χ0) is 21.8. The van der Waals surface area contributed by atoms with Crippen LogP contribution in [0.2, 0.25) is 0 Å². The highest BCUT2D eigenvalue weighted by atomic mass is 16.1. The standard InChI is InChI=1S/C24H30N6O/c1-4-5-17-30-20-21(26-24(30)29-15-10-7-11-16-29)25-23(28(3)22(20)31)27(2)18-14-19-12-8-6-9-13-19/h6,8-9,12-13H,7,10-11,14-18H2,1-3H3. The van der Waals surface area contributed by atoms with Crippen LogP contribution >= 0.6 is 0 Å². The highest BCUT2D eigenvalue weighted by Gasteiger charge is 2.23. The molecule has 31 heavy (non-hydrogen) atoms. The lowest BCUT2D eigenvalue weighted by Crippen LogP contribution is -2.32. The largest absolute Gasteiger partial charge is 0.345 e. The number of piperidine rings is 1. The molecule has 0 amide bonds. The van der Waals surface area contributed by atoms with Crippen LogP contribution in [0.5, 0.6) is 0 Å². The number of anilines is 2. The molecule has 0 bridgehead atoms. The second-order valence-electron chi connectivity index (χ2n) is 8.08. The van der Waals surface area contributed by atoms with E-state index in [0.717, 1.165) is 44.8 Å². The Morgan fingerprint density at radius 1 is 1.10 bits per heavy atom. The summed E-state index contributed by atoms with van der Waals surface area (Å²) in [6.45, 7) is 4.92. The summed E-state index contributed by atoms with van der Waals surface area (Å²) in [6.07, 6.45) is 4.40. The van der Waals surface area contributed by atoms with Crippen molar-refractivity contribution in [3.63, 3.8) is 0 Å². The number of hydrogen-bond donors (Lipinski definition) is 0. The van der Waals surface area contributed by atoms with Gasteiger partial charge in [-0.1, -0.05) is 36.3 Å². The van der Waals surface area contributed by atoms with E-state index in [1.807, 2.05) is 41.6 Å². The van der Waals surface area contributed by atoms with E-state index in [0.29, 0.717) is 23.7 Å². The summed E-state index contributed by atoms with van der Waals surface area (Å²) in [7, 11) is 3.76. The molecule has 7 nitrogen and oxygen atoms in total. The molecule has 0 aliphatic carbocycles. The summed E-state index contributed by atoms with van der Waals surface area (Å²) in [5.41, 5.74) is 2.21. The molecule has 0 saturated carbocycles. The van der Waals surface area contributed by atoms with Crippen LogP contribution in [-0.4, -0.2) is 45.8 Å². The fourth-order valence-electron chi connectivity index (χ4n) is 4.16. The third kappa shape index (κ3) is 4.29. The molecular formula is C24H30N6O. The van der Waals surface area contributed by atoms with Crippen LogP contribution in [0.25, 0.3) is 11.2 Å². The Hall–Kier alpha value is -3.27. The van der Waals surface area contributed by atoms with Crippen molar-refractivity contribution >= 4 is 23.1 Å². The predicted molar refractivity (Wildman–Crippen MR) is 126 cm³/mol. The second-order valence-corrected chi connectivity index (χ2v) is 8.08. The molecule has 0 atom stereocenters. The van der Waals surface area contributed by atoms with Gasteiger partial charge in [-0.15, -0.1) is 5.92 Å². The normalized spacial score (nSPS) is 13.8. The van der Waals surface area contributed by atoms with Crippen LogP contribution < -0.4 is 15.4 Å². The van der Waals surface area contributed by atoms with Gasteiger partial charge in [0.2, 0.25) is 11.9 Å². The Morgan fingerprint density at radius 2 is 1.84 bits per heavy atom. The SMILES string of the molecule is CC#CCn1c(N2CCCCC2)nc2nc(N(C)CCc3ccccc3)n(C)c(=O)c21. The van der Waals surface area contributed by atoms with Crippen molar-refractivity contribution < 1.29 is 0 Å². The van der Waals surface area contributed by atoms with Gasteiger partial charge in [0, 0.05) is 33.7 Å². The van der Waals surface area contributed by atoms with Gasteiger partial charge in [-0.05, 0) is 38.2 Å². The van der Waals surface area contributed by atoms with E-state index in [2.05, 4.69) is 28.9 Å². The Bertz CT molecular complexity index is 1160. The van der Waals surface area contributed by atoms with Crippen LogP contribution in [0, 0.1) is 11.8 Å². The third-order valence-electron chi connectivity index (χ3n) is 5.92. The lowest BCUT2D eigenvalue weighted by atomic mass is 10.1. The molecule has 0 unspecified atom stereocenters. The number of benzene rings is 1. The van der Waals surface area contributed by atoms with Crippen LogP contribution in [-0.2, 0) is 20.0 Å². The van der Waals surface area contributed by atoms with E-state index < -0.39 is 0 Å². The van der Waals surface area contributed by atoms with E-state index in [1.165, 1.54) is 12.0 Å². The molecule has 1 aliphatic heterocycles. The molecule has 0 radical (unpaired) electrons. The van der Waals surface area contributed by atoms with Crippen molar-refractivity contribution in [2.24, 2.45) is 7.05 Å². The summed E-state index contributed by atoms with van der Waals surface area (Å²) in [5.74, 6) is 7.49. The number of rotatable bonds is 6. The van der Waals surface area contributed by atoms with Crippen molar-refractivity contribution in [2.75, 3.05) is 36.5 Å². The second kappa shape index (κ2) is 9.25. The Morgan fingerprint density at radius 3 is 2.55 bits per heavy atom. The molecule has 1 aliphatic rings. The van der Waals surface area contributed by atoms with Crippen LogP contribution in [0.15, 0.2) is 35.1 Å². The van der Waals surface area contributed by atoms with E-state index in [9.17, 15) is 4.79 Å². The van der Waals surface area contributed by atoms with Gasteiger partial charge < -0.3 is 9.80 Å². The first kappa shape index (κ1) is 21.0. The fraction of sp³-hybridized carbons (Fsp3) is 0.458. The monoisotopic (exact) mass is 418 g/mol. The van der Waals surface area contributed by atoms with Crippen LogP contribution in [0.3, 0.4) is 0 Å². The zero-order valence-corrected chi connectivity index (χ0v) is 18.6. The number of hydrogen-bond acceptors (Lipinski definition) is 5. The van der Waals surface area contributed by atoms with Gasteiger partial charge >= 0.3 is 0 Å². The highest BCUT2D eigenvalue weighted by molar-refractivity contribution is 5.75. The van der Waals surface area contributed by atoms with E-state index in [-0.39, 0.29) is 5.56 Å². The molecular weight excluding hydrogens is 388 g/mol. The minimum atomic E-state index is -0.0831. The maximum Gasteiger partial charge on any atom is 0.281 e. The lowest BCUT2D eigenvalue weighted by molar-refractivity contribution is 0.561. The maximum atomic E-state index is 13.4. The first-order valence-electron chi connectivity index (χ1n) is 11.0. The Kier molecular flexibility index (Phi) is 6.26. The summed E-state index contributed by atoms with van der Waals surface area (Å²) < 4.78 is 3.57. The molecule has 0 spiro atoms. The van der Waals surface area contributed by atoms with E-state index in [1.54, 1.807) is 11.6 Å². The Labute approximate surface area is 183 Å². The minimum absolute atomic E-state index is 0.0831. The van der Waals surface area contributed by atoms with Gasteiger partial charge in [0.25, 0.3) is 5.56 Å². The fourth-order valence-corrected chi connectivity index (χ4v) is 4.16. The molecule has 4 rings (SSSR count). The van der Waals surface area contributed by atoms with Crippen molar-refractivity contribution in [2.45, 2.75) is 39.2 Å².